The summed E-state index contributed by atoms with van der Waals surface area (Å²) in [5.74, 6) is 0.864. The zero-order valence-electron chi connectivity index (χ0n) is 34.1. The first-order valence-corrected chi connectivity index (χ1v) is 21.4. The number of aromatic nitrogens is 5. The van der Waals surface area contributed by atoms with Gasteiger partial charge in [0.15, 0.2) is 5.65 Å². The molecule has 0 aliphatic heterocycles. The van der Waals surface area contributed by atoms with E-state index in [1.165, 1.54) is 38.3 Å². The minimum atomic E-state index is 0.864. The average molecular weight is 807 g/mol. The van der Waals surface area contributed by atoms with Crippen molar-refractivity contribution in [3.8, 4) is 28.2 Å². The number of anilines is 3. The maximum atomic E-state index is 5.52. The van der Waals surface area contributed by atoms with Crippen molar-refractivity contribution in [3.63, 3.8) is 0 Å². The molecule has 0 atom stereocenters. The molecule has 296 valence electrons. The zero-order chi connectivity index (χ0) is 41.4. The fourth-order valence-electron chi connectivity index (χ4n) is 9.78. The third kappa shape index (κ3) is 5.41. The summed E-state index contributed by atoms with van der Waals surface area (Å²) >= 11 is 0. The molecule has 6 nitrogen and oxygen atoms in total. The molecule has 13 aromatic rings. The molecule has 6 heteroatoms. The second kappa shape index (κ2) is 14.0. The molecule has 0 saturated heterocycles. The predicted molar refractivity (Wildman–Crippen MR) is 261 cm³/mol. The van der Waals surface area contributed by atoms with Gasteiger partial charge >= 0.3 is 0 Å². The van der Waals surface area contributed by atoms with Crippen molar-refractivity contribution in [3.05, 3.63) is 231 Å². The van der Waals surface area contributed by atoms with Crippen molar-refractivity contribution in [2.75, 3.05) is 4.90 Å². The first kappa shape index (κ1) is 35.2. The van der Waals surface area contributed by atoms with Crippen LogP contribution in [0.15, 0.2) is 231 Å². The summed E-state index contributed by atoms with van der Waals surface area (Å²) in [7, 11) is 0. The van der Waals surface area contributed by atoms with Gasteiger partial charge in [-0.3, -0.25) is 13.5 Å². The van der Waals surface area contributed by atoms with Gasteiger partial charge in [0, 0.05) is 50.3 Å². The lowest BCUT2D eigenvalue weighted by atomic mass is 10.0. The van der Waals surface area contributed by atoms with Gasteiger partial charge in [-0.1, -0.05) is 133 Å². The van der Waals surface area contributed by atoms with Crippen LogP contribution in [-0.4, -0.2) is 23.1 Å². The Morgan fingerprint density at radius 3 is 1.41 bits per heavy atom. The van der Waals surface area contributed by atoms with Crippen LogP contribution in [0.1, 0.15) is 0 Å². The molecule has 0 bridgehead atoms. The summed E-state index contributed by atoms with van der Waals surface area (Å²) in [6.45, 7) is 0. The molecular formula is C57H38N6. The first-order chi connectivity index (χ1) is 31.3. The highest BCUT2D eigenvalue weighted by Crippen LogP contribution is 2.42. The van der Waals surface area contributed by atoms with Gasteiger partial charge in [-0.15, -0.1) is 0 Å². The Labute approximate surface area is 363 Å². The van der Waals surface area contributed by atoms with Crippen molar-refractivity contribution in [1.29, 1.82) is 0 Å². The first-order valence-electron chi connectivity index (χ1n) is 21.4. The normalized spacial score (nSPS) is 11.8. The lowest BCUT2D eigenvalue weighted by Crippen LogP contribution is -2.10. The fourth-order valence-corrected chi connectivity index (χ4v) is 9.78. The Morgan fingerprint density at radius 2 is 0.794 bits per heavy atom. The van der Waals surface area contributed by atoms with Crippen LogP contribution in [0.4, 0.5) is 17.1 Å². The summed E-state index contributed by atoms with van der Waals surface area (Å²) < 4.78 is 9.41. The molecule has 0 unspecified atom stereocenters. The molecule has 4 aromatic heterocycles. The smallest absolute Gasteiger partial charge is 0.221 e. The topological polar surface area (TPSA) is 35.3 Å². The number of imidazole rings is 2. The number of benzene rings is 9. The molecule has 0 amide bonds. The van der Waals surface area contributed by atoms with Crippen LogP contribution in [0.5, 0.6) is 0 Å². The van der Waals surface area contributed by atoms with Crippen LogP contribution < -0.4 is 4.90 Å². The van der Waals surface area contributed by atoms with Gasteiger partial charge < -0.3 is 9.47 Å². The number of para-hydroxylation sites is 5. The number of rotatable bonds is 7. The van der Waals surface area contributed by atoms with E-state index in [1.54, 1.807) is 0 Å². The maximum absolute atomic E-state index is 5.52. The summed E-state index contributed by atoms with van der Waals surface area (Å²) in [6.07, 6.45) is 0. The van der Waals surface area contributed by atoms with Crippen LogP contribution >= 0.6 is 0 Å². The van der Waals surface area contributed by atoms with E-state index in [1.807, 2.05) is 0 Å². The Hall–Kier alpha value is -8.61. The van der Waals surface area contributed by atoms with Crippen molar-refractivity contribution in [2.45, 2.75) is 0 Å². The largest absolute Gasteiger partial charge is 0.310 e. The molecule has 0 aliphatic rings. The molecule has 0 saturated carbocycles. The summed E-state index contributed by atoms with van der Waals surface area (Å²) in [6, 6.07) is 82.4. The van der Waals surface area contributed by atoms with E-state index in [0.717, 1.165) is 67.6 Å². The predicted octanol–water partition coefficient (Wildman–Crippen LogP) is 14.6. The van der Waals surface area contributed by atoms with E-state index < -0.39 is 0 Å². The maximum Gasteiger partial charge on any atom is 0.221 e. The zero-order valence-corrected chi connectivity index (χ0v) is 34.1. The van der Waals surface area contributed by atoms with E-state index in [-0.39, 0.29) is 0 Å². The van der Waals surface area contributed by atoms with Crippen LogP contribution in [0, 0.1) is 0 Å². The summed E-state index contributed by atoms with van der Waals surface area (Å²) in [5, 5.41) is 3.67. The summed E-state index contributed by atoms with van der Waals surface area (Å²) in [4.78, 5) is 7.86. The van der Waals surface area contributed by atoms with E-state index in [0.29, 0.717) is 0 Å². The highest BCUT2D eigenvalue weighted by atomic mass is 15.3. The molecule has 0 aliphatic carbocycles. The number of nitrogens with zero attached hydrogens (tertiary/aromatic N) is 6. The Balaban J connectivity index is 1.02. The van der Waals surface area contributed by atoms with Crippen molar-refractivity contribution in [1.82, 2.24) is 23.1 Å². The second-order valence-corrected chi connectivity index (χ2v) is 16.1. The van der Waals surface area contributed by atoms with Crippen molar-refractivity contribution < 1.29 is 0 Å². The van der Waals surface area contributed by atoms with Gasteiger partial charge in [0.05, 0.1) is 27.6 Å². The quantitative estimate of drug-likeness (QED) is 0.161. The molecule has 13 rings (SSSR count). The van der Waals surface area contributed by atoms with Gasteiger partial charge in [0.1, 0.15) is 5.52 Å². The van der Waals surface area contributed by atoms with Gasteiger partial charge in [-0.05, 0) is 108 Å². The number of hydrogen-bond donors (Lipinski definition) is 0. The molecule has 0 radical (unpaired) electrons. The number of fused-ring (bicyclic) bond motifs is 10. The highest BCUT2D eigenvalue weighted by molar-refractivity contribution is 6.11. The SMILES string of the molecule is c1ccc(-c2ccc(N(c3ccc(-n4c5ccccc5c5ccccc54)cc3)c3ccc4c(c3)nc3n(-c5ccccc5)c5c6ccccc6n(-c6ccccc6)c5n43)cc2)cc1. The Bertz CT molecular complexity index is 3770. The number of hydrogen-bond acceptors (Lipinski definition) is 2. The minimum absolute atomic E-state index is 0.864. The lowest BCUT2D eigenvalue weighted by molar-refractivity contribution is 1.09. The monoisotopic (exact) mass is 806 g/mol. The average Bonchev–Trinajstić information content (AvgIpc) is 4.08. The highest BCUT2D eigenvalue weighted by Gasteiger charge is 2.26. The molecule has 4 heterocycles. The third-order valence-corrected chi connectivity index (χ3v) is 12.5. The van der Waals surface area contributed by atoms with Crippen LogP contribution in [0.25, 0.3) is 88.9 Å². The van der Waals surface area contributed by atoms with Gasteiger partial charge in [-0.2, -0.15) is 0 Å². The van der Waals surface area contributed by atoms with Gasteiger partial charge in [0.2, 0.25) is 5.78 Å². The minimum Gasteiger partial charge on any atom is -0.310 e. The Kier molecular flexibility index (Phi) is 7.80. The van der Waals surface area contributed by atoms with Crippen LogP contribution in [0.3, 0.4) is 0 Å². The van der Waals surface area contributed by atoms with Crippen LogP contribution in [0.2, 0.25) is 0 Å². The molecule has 0 N–H and O–H groups in total. The van der Waals surface area contributed by atoms with E-state index in [4.69, 9.17) is 4.98 Å². The van der Waals surface area contributed by atoms with E-state index in [9.17, 15) is 0 Å². The van der Waals surface area contributed by atoms with Gasteiger partial charge in [-0.25, -0.2) is 4.98 Å². The molecular weight excluding hydrogens is 769 g/mol. The lowest BCUT2D eigenvalue weighted by Gasteiger charge is -2.26. The molecule has 63 heavy (non-hydrogen) atoms. The third-order valence-electron chi connectivity index (χ3n) is 12.5. The molecule has 0 fully saturated rings. The molecule has 9 aromatic carbocycles. The van der Waals surface area contributed by atoms with E-state index in [2.05, 4.69) is 254 Å². The van der Waals surface area contributed by atoms with Gasteiger partial charge in [0.25, 0.3) is 0 Å². The van der Waals surface area contributed by atoms with E-state index >= 15 is 0 Å². The Morgan fingerprint density at radius 1 is 0.333 bits per heavy atom. The van der Waals surface area contributed by atoms with Crippen molar-refractivity contribution >= 4 is 77.7 Å². The standard InChI is InChI=1S/C57H38N6/c1-4-16-39(17-5-1)40-28-30-43(31-29-40)59(44-32-34-45(35-33-44)60-51-25-13-10-22-47(51)48-23-11-14-26-52(48)60)46-36-37-54-50(38-46)58-57-62(42-20-8-3-9-21-42)55-49-24-12-15-27-53(49)61(56(55)63(54)57)41-18-6-2-7-19-41/h1-38H. The summed E-state index contributed by atoms with van der Waals surface area (Å²) in [5.41, 5.74) is 16.4. The van der Waals surface area contributed by atoms with Crippen molar-refractivity contribution in [2.24, 2.45) is 0 Å². The molecule has 0 spiro atoms. The van der Waals surface area contributed by atoms with Crippen LogP contribution in [-0.2, 0) is 0 Å². The fraction of sp³-hybridized carbons (Fsp3) is 0. The second-order valence-electron chi connectivity index (χ2n) is 16.1.